The third-order valence-electron chi connectivity index (χ3n) is 8.55. The Labute approximate surface area is 274 Å². The number of hydrogen-bond acceptors (Lipinski definition) is 4. The summed E-state index contributed by atoms with van der Waals surface area (Å²) in [6.07, 6.45) is 0. The van der Waals surface area contributed by atoms with Crippen LogP contribution in [0.4, 0.5) is 0 Å². The van der Waals surface area contributed by atoms with Crippen LogP contribution in [0.15, 0.2) is 107 Å². The Kier molecular flexibility index (Phi) is 7.81. The van der Waals surface area contributed by atoms with E-state index in [1.54, 1.807) is 0 Å². The summed E-state index contributed by atoms with van der Waals surface area (Å²) in [7, 11) is -4.22. The molecule has 4 nitrogen and oxygen atoms in total. The SMILES string of the molecule is [CH2]=[Pd]([Br])([Br])([C]1=N[C@H](C)C(c2cccc(C)c2)(c2cccc(C)c2)O1)[C]1=N[C@H](C)C(c2cccc(C)c2)(c2cccc(C)c2)O1. The topological polar surface area (TPSA) is 43.2 Å². The Morgan fingerprint density at radius 2 is 0.841 bits per heavy atom. The fourth-order valence-electron chi connectivity index (χ4n) is 6.31. The molecule has 0 fully saturated rings. The molecule has 6 rings (SSSR count). The summed E-state index contributed by atoms with van der Waals surface area (Å²) in [5.41, 5.74) is 7.11. The van der Waals surface area contributed by atoms with Gasteiger partial charge in [-0.25, -0.2) is 0 Å². The number of nitrogens with zero attached hydrogens (tertiary/aromatic N) is 2. The maximum atomic E-state index is 7.18. The van der Waals surface area contributed by atoms with Gasteiger partial charge in [-0.3, -0.25) is 0 Å². The van der Waals surface area contributed by atoms with E-state index < -0.39 is 21.0 Å². The van der Waals surface area contributed by atoms with Crippen LogP contribution in [0.2, 0.25) is 0 Å². The normalized spacial score (nSPS) is 21.4. The van der Waals surface area contributed by atoms with Gasteiger partial charge in [-0.15, -0.1) is 0 Å². The summed E-state index contributed by atoms with van der Waals surface area (Å²) in [6, 6.07) is 33.5. The van der Waals surface area contributed by atoms with E-state index in [-0.39, 0.29) is 12.1 Å². The average Bonchev–Trinajstić information content (AvgIpc) is 3.53. The Morgan fingerprint density at radius 3 is 1.09 bits per heavy atom. The molecule has 2 heterocycles. The van der Waals surface area contributed by atoms with Crippen molar-refractivity contribution in [1.82, 2.24) is 0 Å². The van der Waals surface area contributed by atoms with E-state index in [4.69, 9.17) is 24.4 Å². The van der Waals surface area contributed by atoms with Crippen molar-refractivity contribution >= 4 is 40.6 Å². The Balaban J connectivity index is 1.48. The summed E-state index contributed by atoms with van der Waals surface area (Å²) in [5, 5.41) is 0. The number of hydrogen-bond donors (Lipinski definition) is 0. The Bertz CT molecular complexity index is 1680. The van der Waals surface area contributed by atoms with Gasteiger partial charge in [0, 0.05) is 0 Å². The molecule has 7 heteroatoms. The summed E-state index contributed by atoms with van der Waals surface area (Å²) < 4.78 is 15.4. The molecule has 0 aliphatic carbocycles. The molecule has 0 saturated carbocycles. The molecule has 2 aliphatic rings. The van der Waals surface area contributed by atoms with Gasteiger partial charge in [0.2, 0.25) is 0 Å². The van der Waals surface area contributed by atoms with Crippen LogP contribution < -0.4 is 0 Å². The van der Waals surface area contributed by atoms with Crippen LogP contribution in [0.3, 0.4) is 0 Å². The summed E-state index contributed by atoms with van der Waals surface area (Å²) in [4.78, 5) is 15.3. The van der Waals surface area contributed by atoms with Crippen molar-refractivity contribution in [3.63, 3.8) is 0 Å². The van der Waals surface area contributed by atoms with Crippen molar-refractivity contribution in [3.8, 4) is 0 Å². The van der Waals surface area contributed by atoms with Crippen LogP contribution in [-0.2, 0) is 30.5 Å². The van der Waals surface area contributed by atoms with Gasteiger partial charge in [-0.05, 0) is 0 Å². The van der Waals surface area contributed by atoms with Crippen molar-refractivity contribution in [3.05, 3.63) is 142 Å². The quantitative estimate of drug-likeness (QED) is 0.182. The summed E-state index contributed by atoms with van der Waals surface area (Å²) in [5.74, 6) is 0. The number of aryl methyl sites for hydroxylation is 4. The minimum absolute atomic E-state index is 0.245. The monoisotopic (exact) mass is 806 g/mol. The molecule has 2 aliphatic heterocycles. The van der Waals surface area contributed by atoms with E-state index >= 15 is 0 Å². The molecule has 0 unspecified atom stereocenters. The van der Waals surface area contributed by atoms with Crippen LogP contribution in [0.25, 0.3) is 0 Å². The molecule has 44 heavy (non-hydrogen) atoms. The van der Waals surface area contributed by atoms with Crippen LogP contribution in [0, 0.1) is 27.7 Å². The second kappa shape index (κ2) is 11.0. The standard InChI is InChI=1S/2C18H18NO.CH2.2BrH.Pd/c2*1-13-6-4-8-16(10-13)18(15(3)19-12-20-18)17-9-5-7-14(2)11-17;;;;/h2*4-11,15H,1-3H3;1H2;2*1H;/q;;;;;+2/p-2/t2*15-;;;;/m11..../s1. The first-order valence-electron chi connectivity index (χ1n) is 14.6. The molecule has 0 amide bonds. The molecule has 0 spiro atoms. The molecular weight excluding hydrogens is 771 g/mol. The van der Waals surface area contributed by atoms with Gasteiger partial charge in [0.25, 0.3) is 0 Å². The van der Waals surface area contributed by atoms with E-state index in [1.165, 1.54) is 0 Å². The Morgan fingerprint density at radius 1 is 0.568 bits per heavy atom. The molecule has 0 radical (unpaired) electrons. The zero-order chi connectivity index (χ0) is 31.5. The van der Waals surface area contributed by atoms with E-state index in [9.17, 15) is 0 Å². The maximum absolute atomic E-state index is 7.18. The zero-order valence-corrected chi connectivity index (χ0v) is 30.6. The van der Waals surface area contributed by atoms with Gasteiger partial charge in [-0.1, -0.05) is 0 Å². The number of ether oxygens (including phenoxy) is 2. The molecule has 2 atom stereocenters. The first-order chi connectivity index (χ1) is 20.7. The molecule has 4 aromatic carbocycles. The van der Waals surface area contributed by atoms with Crippen molar-refractivity contribution in [2.75, 3.05) is 0 Å². The van der Waals surface area contributed by atoms with Gasteiger partial charge in [0.1, 0.15) is 0 Å². The molecule has 4 aromatic rings. The fraction of sp³-hybridized carbons (Fsp3) is 0.270. The number of benzene rings is 4. The second-order valence-electron chi connectivity index (χ2n) is 12.0. The van der Waals surface area contributed by atoms with Crippen LogP contribution in [0.5, 0.6) is 0 Å². The van der Waals surface area contributed by atoms with Gasteiger partial charge < -0.3 is 0 Å². The predicted molar refractivity (Wildman–Crippen MR) is 187 cm³/mol. The molecule has 0 N–H and O–H groups in total. The van der Waals surface area contributed by atoms with Gasteiger partial charge in [-0.2, -0.15) is 0 Å². The first kappa shape index (κ1) is 31.3. The van der Waals surface area contributed by atoms with Gasteiger partial charge >= 0.3 is 276 Å². The van der Waals surface area contributed by atoms with Crippen molar-refractivity contribution in [1.29, 1.82) is 0 Å². The average molecular weight is 809 g/mol. The third kappa shape index (κ3) is 5.01. The van der Waals surface area contributed by atoms with E-state index in [2.05, 4.69) is 165 Å². The molecule has 0 aromatic heterocycles. The minimum atomic E-state index is -4.22. The number of halogens is 2. The number of aliphatic imine (C=N–C) groups is 2. The van der Waals surface area contributed by atoms with Crippen molar-refractivity contribution in [2.45, 2.75) is 64.8 Å². The van der Waals surface area contributed by atoms with E-state index in [1.807, 2.05) is 0 Å². The van der Waals surface area contributed by atoms with Gasteiger partial charge in [0.15, 0.2) is 0 Å². The van der Waals surface area contributed by atoms with Crippen LogP contribution in [0.1, 0.15) is 58.4 Å². The van der Waals surface area contributed by atoms with E-state index in [0.717, 1.165) is 44.5 Å². The zero-order valence-electron chi connectivity index (χ0n) is 25.9. The third-order valence-corrected chi connectivity index (χ3v) is 17.0. The fourth-order valence-corrected chi connectivity index (χ4v) is 11.9. The summed E-state index contributed by atoms with van der Waals surface area (Å²) >= 11 is 8.20. The van der Waals surface area contributed by atoms with Crippen molar-refractivity contribution < 1.29 is 19.3 Å². The second-order valence-corrected chi connectivity index (χ2v) is 34.1. The molecule has 0 bridgehead atoms. The number of rotatable bonds is 6. The first-order valence-corrected chi connectivity index (χ1v) is 24.3. The van der Waals surface area contributed by atoms with E-state index in [0.29, 0.717) is 8.74 Å². The van der Waals surface area contributed by atoms with Gasteiger partial charge in [0.05, 0.1) is 0 Å². The summed E-state index contributed by atoms with van der Waals surface area (Å²) in [6.45, 7) is 12.6. The van der Waals surface area contributed by atoms with Crippen LogP contribution in [-0.4, -0.2) is 25.8 Å². The Hall–Kier alpha value is -2.69. The van der Waals surface area contributed by atoms with Crippen molar-refractivity contribution in [2.24, 2.45) is 9.98 Å². The predicted octanol–water partition coefficient (Wildman–Crippen LogP) is 9.40. The van der Waals surface area contributed by atoms with Crippen LogP contribution >= 0.6 is 26.9 Å². The molecule has 0 saturated heterocycles. The molecular formula is C37H38Br2N2O2Pd. The molecule has 232 valence electrons.